The van der Waals surface area contributed by atoms with Crippen molar-refractivity contribution in [3.05, 3.63) is 71.5 Å². The number of amidine groups is 1. The highest BCUT2D eigenvalue weighted by Gasteiger charge is 2.23. The van der Waals surface area contributed by atoms with Gasteiger partial charge in [-0.15, -0.1) is 0 Å². The summed E-state index contributed by atoms with van der Waals surface area (Å²) in [5, 5.41) is 13.5. The zero-order valence-electron chi connectivity index (χ0n) is 15.3. The van der Waals surface area contributed by atoms with E-state index in [1.807, 2.05) is 0 Å². The third-order valence-corrected chi connectivity index (χ3v) is 5.70. The number of benzene rings is 2. The molecule has 3 rings (SSSR count). The Bertz CT molecular complexity index is 1100. The third-order valence-electron chi connectivity index (χ3n) is 3.76. The Morgan fingerprint density at radius 3 is 2.63 bits per heavy atom. The SMILES string of the molecule is CC(=O)NC1=NC(=O)/C(=C\c2cc(Br)cc(Br)c2OCc2ccc([N+](=O)[O-])cc2)S1. The first-order valence-corrected chi connectivity index (χ1v) is 10.8. The number of thioether (sulfide) groups is 1. The molecular weight excluding hydrogens is 542 g/mol. The molecule has 2 aromatic rings. The average Bonchev–Trinajstić information content (AvgIpc) is 2.99. The predicted octanol–water partition coefficient (Wildman–Crippen LogP) is 4.81. The highest BCUT2D eigenvalue weighted by Crippen LogP contribution is 2.37. The second-order valence-electron chi connectivity index (χ2n) is 6.03. The summed E-state index contributed by atoms with van der Waals surface area (Å²) in [6.07, 6.45) is 1.63. The van der Waals surface area contributed by atoms with Crippen molar-refractivity contribution < 1.29 is 19.2 Å². The molecule has 1 heterocycles. The fourth-order valence-corrected chi connectivity index (χ4v) is 4.69. The van der Waals surface area contributed by atoms with E-state index in [1.165, 1.54) is 19.1 Å². The number of non-ortho nitro benzene ring substituents is 1. The molecule has 0 aliphatic carbocycles. The number of amides is 2. The van der Waals surface area contributed by atoms with E-state index in [0.717, 1.165) is 21.8 Å². The molecule has 0 radical (unpaired) electrons. The Labute approximate surface area is 192 Å². The predicted molar refractivity (Wildman–Crippen MR) is 121 cm³/mol. The summed E-state index contributed by atoms with van der Waals surface area (Å²) in [5.41, 5.74) is 1.37. The summed E-state index contributed by atoms with van der Waals surface area (Å²) in [7, 11) is 0. The monoisotopic (exact) mass is 553 g/mol. The van der Waals surface area contributed by atoms with E-state index in [2.05, 4.69) is 42.2 Å². The number of nitro benzene ring substituents is 1. The highest BCUT2D eigenvalue weighted by atomic mass is 79.9. The van der Waals surface area contributed by atoms with Crippen molar-refractivity contribution in [2.24, 2.45) is 4.99 Å². The normalized spacial score (nSPS) is 14.6. The molecule has 2 aromatic carbocycles. The Hall–Kier alpha value is -2.50. The van der Waals surface area contributed by atoms with E-state index >= 15 is 0 Å². The van der Waals surface area contributed by atoms with Crippen molar-refractivity contribution >= 4 is 72.4 Å². The van der Waals surface area contributed by atoms with Gasteiger partial charge in [0.15, 0.2) is 5.17 Å². The molecular formula is C19H13Br2N3O5S. The first kappa shape index (κ1) is 22.2. The third kappa shape index (κ3) is 5.55. The largest absolute Gasteiger partial charge is 0.487 e. The molecule has 0 fully saturated rings. The summed E-state index contributed by atoms with van der Waals surface area (Å²) >= 11 is 7.94. The lowest BCUT2D eigenvalue weighted by Gasteiger charge is -2.13. The quantitative estimate of drug-likeness (QED) is 0.323. The van der Waals surface area contributed by atoms with Crippen LogP contribution in [-0.4, -0.2) is 21.9 Å². The van der Waals surface area contributed by atoms with Gasteiger partial charge in [-0.25, -0.2) is 0 Å². The zero-order chi connectivity index (χ0) is 21.8. The smallest absolute Gasteiger partial charge is 0.286 e. The van der Waals surface area contributed by atoms with Gasteiger partial charge in [-0.2, -0.15) is 4.99 Å². The van der Waals surface area contributed by atoms with Gasteiger partial charge < -0.3 is 10.1 Å². The van der Waals surface area contributed by atoms with Crippen LogP contribution in [0.2, 0.25) is 0 Å². The lowest BCUT2D eigenvalue weighted by atomic mass is 10.1. The van der Waals surface area contributed by atoms with Crippen LogP contribution in [0.5, 0.6) is 5.75 Å². The standard InChI is InChI=1S/C19H13Br2N3O5S/c1-10(25)22-19-23-18(26)16(30-19)7-12-6-13(20)8-15(21)17(12)29-9-11-2-4-14(5-3-11)24(27)28/h2-8H,9H2,1H3,(H,22,23,25,26)/b16-7+. The van der Waals surface area contributed by atoms with Crippen LogP contribution in [0.4, 0.5) is 5.69 Å². The number of carbonyl (C=O) groups excluding carboxylic acids is 2. The van der Waals surface area contributed by atoms with Gasteiger partial charge in [0.2, 0.25) is 5.91 Å². The molecule has 8 nitrogen and oxygen atoms in total. The maximum absolute atomic E-state index is 12.2. The van der Waals surface area contributed by atoms with Gasteiger partial charge in [0.25, 0.3) is 11.6 Å². The van der Waals surface area contributed by atoms with Crippen LogP contribution in [0.1, 0.15) is 18.1 Å². The maximum Gasteiger partial charge on any atom is 0.286 e. The van der Waals surface area contributed by atoms with Gasteiger partial charge >= 0.3 is 0 Å². The molecule has 0 saturated carbocycles. The molecule has 0 bridgehead atoms. The minimum atomic E-state index is -0.464. The molecule has 2 amide bonds. The fourth-order valence-electron chi connectivity index (χ4n) is 2.46. The van der Waals surface area contributed by atoms with Gasteiger partial charge in [-0.05, 0) is 63.6 Å². The number of hydrogen-bond acceptors (Lipinski definition) is 6. The lowest BCUT2D eigenvalue weighted by molar-refractivity contribution is -0.384. The minimum absolute atomic E-state index is 0.000685. The molecule has 0 unspecified atom stereocenters. The molecule has 1 N–H and O–H groups in total. The Morgan fingerprint density at radius 2 is 2.00 bits per heavy atom. The van der Waals surface area contributed by atoms with E-state index in [4.69, 9.17) is 4.74 Å². The van der Waals surface area contributed by atoms with Crippen LogP contribution >= 0.6 is 43.6 Å². The number of aliphatic imine (C=N–C) groups is 1. The topological polar surface area (TPSA) is 111 Å². The molecule has 30 heavy (non-hydrogen) atoms. The van der Waals surface area contributed by atoms with Crippen LogP contribution in [0.15, 0.2) is 55.2 Å². The Kier molecular flexibility index (Phi) is 7.06. The van der Waals surface area contributed by atoms with Gasteiger partial charge in [0.1, 0.15) is 12.4 Å². The highest BCUT2D eigenvalue weighted by molar-refractivity contribution is 9.11. The number of nitrogens with zero attached hydrogens (tertiary/aromatic N) is 2. The van der Waals surface area contributed by atoms with Crippen LogP contribution in [-0.2, 0) is 16.2 Å². The summed E-state index contributed by atoms with van der Waals surface area (Å²) in [5.74, 6) is -0.279. The summed E-state index contributed by atoms with van der Waals surface area (Å²) in [6, 6.07) is 9.64. The maximum atomic E-state index is 12.2. The first-order valence-electron chi connectivity index (χ1n) is 8.38. The van der Waals surface area contributed by atoms with Gasteiger partial charge in [-0.3, -0.25) is 19.7 Å². The van der Waals surface area contributed by atoms with Crippen molar-refractivity contribution in [2.45, 2.75) is 13.5 Å². The zero-order valence-corrected chi connectivity index (χ0v) is 19.3. The molecule has 1 aliphatic rings. The van der Waals surface area contributed by atoms with Gasteiger partial charge in [0, 0.05) is 29.1 Å². The number of nitro groups is 1. The Morgan fingerprint density at radius 1 is 1.30 bits per heavy atom. The van der Waals surface area contributed by atoms with E-state index < -0.39 is 10.8 Å². The summed E-state index contributed by atoms with van der Waals surface area (Å²) in [6.45, 7) is 1.51. The number of ether oxygens (including phenoxy) is 1. The van der Waals surface area contributed by atoms with E-state index in [1.54, 1.807) is 30.3 Å². The lowest BCUT2D eigenvalue weighted by Crippen LogP contribution is -2.23. The summed E-state index contributed by atoms with van der Waals surface area (Å²) in [4.78, 5) is 37.8. The molecule has 0 spiro atoms. The second kappa shape index (κ2) is 9.54. The van der Waals surface area contributed by atoms with Gasteiger partial charge in [0.05, 0.1) is 14.3 Å². The number of rotatable bonds is 5. The van der Waals surface area contributed by atoms with Crippen molar-refractivity contribution in [3.63, 3.8) is 0 Å². The molecule has 154 valence electrons. The molecule has 0 aromatic heterocycles. The van der Waals surface area contributed by atoms with Crippen molar-refractivity contribution in [1.82, 2.24) is 5.32 Å². The first-order chi connectivity index (χ1) is 14.2. The van der Waals surface area contributed by atoms with E-state index in [-0.39, 0.29) is 23.4 Å². The minimum Gasteiger partial charge on any atom is -0.487 e. The molecule has 0 atom stereocenters. The summed E-state index contributed by atoms with van der Waals surface area (Å²) < 4.78 is 7.36. The molecule has 11 heteroatoms. The number of nitrogens with one attached hydrogen (secondary N) is 1. The van der Waals surface area contributed by atoms with E-state index in [0.29, 0.717) is 20.7 Å². The van der Waals surface area contributed by atoms with Crippen LogP contribution in [0.25, 0.3) is 6.08 Å². The Balaban J connectivity index is 1.83. The van der Waals surface area contributed by atoms with E-state index in [9.17, 15) is 19.7 Å². The number of halogens is 2. The van der Waals surface area contributed by atoms with Gasteiger partial charge in [-0.1, -0.05) is 15.9 Å². The van der Waals surface area contributed by atoms with Crippen molar-refractivity contribution in [2.75, 3.05) is 0 Å². The molecule has 0 saturated heterocycles. The van der Waals surface area contributed by atoms with Crippen molar-refractivity contribution in [3.8, 4) is 5.75 Å². The fraction of sp³-hybridized carbons (Fsp3) is 0.105. The van der Waals surface area contributed by atoms with Crippen LogP contribution < -0.4 is 10.1 Å². The van der Waals surface area contributed by atoms with Crippen molar-refractivity contribution in [1.29, 1.82) is 0 Å². The second-order valence-corrected chi connectivity index (χ2v) is 8.83. The number of hydrogen-bond donors (Lipinski definition) is 1. The average molecular weight is 555 g/mol. The molecule has 1 aliphatic heterocycles. The van der Waals surface area contributed by atoms with Crippen LogP contribution in [0, 0.1) is 10.1 Å². The number of carbonyl (C=O) groups is 2. The van der Waals surface area contributed by atoms with Crippen LogP contribution in [0.3, 0.4) is 0 Å².